The Morgan fingerprint density at radius 3 is 2.39 bits per heavy atom. The number of thioether (sulfide) groups is 1. The fourth-order valence-electron chi connectivity index (χ4n) is 5.14. The molecular formula is C37H38N2O6S. The average molecular weight is 639 g/mol. The van der Waals surface area contributed by atoms with Gasteiger partial charge < -0.3 is 30.0 Å². The van der Waals surface area contributed by atoms with Gasteiger partial charge >= 0.3 is 6.09 Å². The highest BCUT2D eigenvalue weighted by molar-refractivity contribution is 7.99. The molecule has 8 nitrogen and oxygen atoms in total. The Morgan fingerprint density at radius 1 is 0.935 bits per heavy atom. The number of benzene rings is 4. The van der Waals surface area contributed by atoms with Crippen LogP contribution in [0, 0.1) is 0 Å². The Balaban J connectivity index is 1.32. The maximum absolute atomic E-state index is 11.9. The van der Waals surface area contributed by atoms with E-state index in [0.717, 1.165) is 44.0 Å². The van der Waals surface area contributed by atoms with Crippen molar-refractivity contribution < 1.29 is 28.9 Å². The second kappa shape index (κ2) is 16.2. The number of hydrogen-bond acceptors (Lipinski definition) is 7. The van der Waals surface area contributed by atoms with Crippen LogP contribution >= 0.6 is 11.8 Å². The molecule has 0 aromatic heterocycles. The van der Waals surface area contributed by atoms with Crippen LogP contribution in [-0.4, -0.2) is 35.6 Å². The minimum atomic E-state index is -0.589. The van der Waals surface area contributed by atoms with Crippen molar-refractivity contribution in [2.75, 3.05) is 17.7 Å². The van der Waals surface area contributed by atoms with E-state index in [9.17, 15) is 14.7 Å². The van der Waals surface area contributed by atoms with Crippen LogP contribution in [0.1, 0.15) is 48.0 Å². The molecule has 2 amide bonds. The molecule has 1 fully saturated rings. The van der Waals surface area contributed by atoms with E-state index in [-0.39, 0.29) is 31.3 Å². The largest absolute Gasteiger partial charge is 0.445 e. The number of ether oxygens (including phenoxy) is 3. The van der Waals surface area contributed by atoms with Crippen LogP contribution in [0.15, 0.2) is 115 Å². The molecule has 4 aromatic rings. The summed E-state index contributed by atoms with van der Waals surface area (Å²) < 4.78 is 18.2. The molecule has 1 heterocycles. The van der Waals surface area contributed by atoms with Crippen molar-refractivity contribution in [2.24, 2.45) is 0 Å². The molecule has 0 saturated carbocycles. The van der Waals surface area contributed by atoms with Gasteiger partial charge in [-0.1, -0.05) is 73.3 Å². The molecule has 46 heavy (non-hydrogen) atoms. The highest BCUT2D eigenvalue weighted by Gasteiger charge is 2.32. The predicted molar refractivity (Wildman–Crippen MR) is 180 cm³/mol. The Hall–Kier alpha value is -4.41. The number of rotatable bonds is 12. The fourth-order valence-corrected chi connectivity index (χ4v) is 6.06. The van der Waals surface area contributed by atoms with Crippen LogP contribution in [0.4, 0.5) is 10.5 Å². The number of amides is 2. The topological polar surface area (TPSA) is 106 Å². The molecule has 0 aliphatic carbocycles. The van der Waals surface area contributed by atoms with E-state index < -0.39 is 12.4 Å². The Labute approximate surface area is 273 Å². The highest BCUT2D eigenvalue weighted by Crippen LogP contribution is 2.40. The van der Waals surface area contributed by atoms with E-state index in [4.69, 9.17) is 14.2 Å². The number of carbonyl (C=O) groups is 2. The van der Waals surface area contributed by atoms with Crippen LogP contribution in [0.5, 0.6) is 0 Å². The minimum absolute atomic E-state index is 0.0129. The molecule has 3 N–H and O–H groups in total. The first kappa shape index (κ1) is 33.0. The second-order valence-electron chi connectivity index (χ2n) is 10.9. The van der Waals surface area contributed by atoms with Gasteiger partial charge in [-0.15, -0.1) is 11.8 Å². The second-order valence-corrected chi connectivity index (χ2v) is 12.0. The third kappa shape index (κ3) is 9.31. The number of carbonyl (C=O) groups excluding carboxylic acids is 2. The van der Waals surface area contributed by atoms with Gasteiger partial charge in [-0.25, -0.2) is 4.79 Å². The van der Waals surface area contributed by atoms with Crippen molar-refractivity contribution in [1.82, 2.24) is 5.32 Å². The smallest absolute Gasteiger partial charge is 0.407 e. The molecule has 4 aromatic carbocycles. The van der Waals surface area contributed by atoms with Gasteiger partial charge in [0.2, 0.25) is 5.91 Å². The molecule has 1 aliphatic heterocycles. The average Bonchev–Trinajstić information content (AvgIpc) is 3.09. The van der Waals surface area contributed by atoms with Gasteiger partial charge in [0.25, 0.3) is 0 Å². The van der Waals surface area contributed by atoms with E-state index in [1.165, 1.54) is 13.0 Å². The number of hydrogen-bond donors (Lipinski definition) is 3. The Morgan fingerprint density at radius 2 is 1.67 bits per heavy atom. The molecule has 5 rings (SSSR count). The monoisotopic (exact) mass is 638 g/mol. The number of aliphatic hydroxyl groups excluding tert-OH is 1. The van der Waals surface area contributed by atoms with Crippen molar-refractivity contribution in [3.63, 3.8) is 0 Å². The zero-order chi connectivity index (χ0) is 32.3. The molecule has 3 unspecified atom stereocenters. The van der Waals surface area contributed by atoms with Gasteiger partial charge in [0.15, 0.2) is 6.29 Å². The van der Waals surface area contributed by atoms with Crippen molar-refractivity contribution in [3.05, 3.63) is 132 Å². The zero-order valence-electron chi connectivity index (χ0n) is 25.7. The quantitative estimate of drug-likeness (QED) is 0.109. The third-order valence-corrected chi connectivity index (χ3v) is 8.56. The summed E-state index contributed by atoms with van der Waals surface area (Å²) in [5, 5.41) is 15.1. The summed E-state index contributed by atoms with van der Waals surface area (Å²) in [7, 11) is 0. The van der Waals surface area contributed by atoms with E-state index in [1.807, 2.05) is 91.0 Å². The van der Waals surface area contributed by atoms with E-state index in [1.54, 1.807) is 11.8 Å². The lowest BCUT2D eigenvalue weighted by atomic mass is 9.99. The highest BCUT2D eigenvalue weighted by atomic mass is 32.2. The van der Waals surface area contributed by atoms with Gasteiger partial charge in [-0.2, -0.15) is 0 Å². The van der Waals surface area contributed by atoms with Crippen molar-refractivity contribution >= 4 is 29.4 Å². The molecule has 238 valence electrons. The number of alkyl carbamates (subject to hydrolysis) is 1. The van der Waals surface area contributed by atoms with E-state index >= 15 is 0 Å². The summed E-state index contributed by atoms with van der Waals surface area (Å²) in [6.45, 7) is 5.53. The van der Waals surface area contributed by atoms with Gasteiger partial charge in [-0.05, 0) is 64.2 Å². The molecule has 9 heteroatoms. The fraction of sp³-hybridized carbons (Fsp3) is 0.243. The zero-order valence-corrected chi connectivity index (χ0v) is 26.5. The molecule has 0 radical (unpaired) electrons. The molecule has 0 spiro atoms. The lowest BCUT2D eigenvalue weighted by molar-refractivity contribution is -0.245. The van der Waals surface area contributed by atoms with Crippen LogP contribution in [0.2, 0.25) is 0 Å². The first-order valence-electron chi connectivity index (χ1n) is 15.1. The molecule has 0 bridgehead atoms. The molecule has 1 aliphatic rings. The van der Waals surface area contributed by atoms with E-state index in [0.29, 0.717) is 18.7 Å². The number of aliphatic hydroxyl groups is 1. The SMILES string of the molecule is C=CCOC(=O)NCc1cccc(-c2cccc(C3OC(CSc4ccc(NC(C)=O)cc4)CC(c4ccc(CO)cc4)O3)c2)c1. The van der Waals surface area contributed by atoms with Crippen molar-refractivity contribution in [3.8, 4) is 11.1 Å². The lowest BCUT2D eigenvalue weighted by Gasteiger charge is -2.36. The summed E-state index contributed by atoms with van der Waals surface area (Å²) >= 11 is 1.70. The van der Waals surface area contributed by atoms with Gasteiger partial charge in [0.1, 0.15) is 6.61 Å². The Bertz CT molecular complexity index is 1630. The lowest BCUT2D eigenvalue weighted by Crippen LogP contribution is -2.31. The van der Waals surface area contributed by atoms with Crippen molar-refractivity contribution in [1.29, 1.82) is 0 Å². The summed E-state index contributed by atoms with van der Waals surface area (Å²) in [6.07, 6.45) is 0.828. The first-order chi connectivity index (χ1) is 22.4. The van der Waals surface area contributed by atoms with Gasteiger partial charge in [0, 0.05) is 41.8 Å². The van der Waals surface area contributed by atoms with E-state index in [2.05, 4.69) is 23.3 Å². The molecule has 3 atom stereocenters. The normalized spacial score (nSPS) is 17.6. The van der Waals surface area contributed by atoms with Crippen LogP contribution < -0.4 is 10.6 Å². The number of nitrogens with one attached hydrogen (secondary N) is 2. The maximum Gasteiger partial charge on any atom is 0.407 e. The Kier molecular flexibility index (Phi) is 11.6. The standard InChI is InChI=1S/C37H38N2O6S/c1-3-18-43-37(42)38-22-27-6-4-7-29(19-27)30-8-5-9-31(20-30)36-44-33(21-35(45-36)28-12-10-26(23-40)11-13-28)24-46-34-16-14-32(15-17-34)39-25(2)41/h3-17,19-20,33,35-36,40H,1,18,21-24H2,2H3,(H,38,42)(H,39,41). The summed E-state index contributed by atoms with van der Waals surface area (Å²) in [5.74, 6) is 0.615. The minimum Gasteiger partial charge on any atom is -0.445 e. The van der Waals surface area contributed by atoms with Crippen molar-refractivity contribution in [2.45, 2.75) is 49.9 Å². The third-order valence-electron chi connectivity index (χ3n) is 7.41. The van der Waals surface area contributed by atoms with Crippen LogP contribution in [-0.2, 0) is 32.2 Å². The van der Waals surface area contributed by atoms with Crippen LogP contribution in [0.3, 0.4) is 0 Å². The van der Waals surface area contributed by atoms with Gasteiger partial charge in [0.05, 0.1) is 18.8 Å². The molecular weight excluding hydrogens is 600 g/mol. The predicted octanol–water partition coefficient (Wildman–Crippen LogP) is 7.55. The molecule has 1 saturated heterocycles. The first-order valence-corrected chi connectivity index (χ1v) is 16.1. The maximum atomic E-state index is 11.9. The number of anilines is 1. The van der Waals surface area contributed by atoms with Gasteiger partial charge in [-0.3, -0.25) is 4.79 Å². The summed E-state index contributed by atoms with van der Waals surface area (Å²) in [4.78, 5) is 24.3. The van der Waals surface area contributed by atoms with Crippen LogP contribution in [0.25, 0.3) is 11.1 Å². The summed E-state index contributed by atoms with van der Waals surface area (Å²) in [5.41, 5.74) is 6.49. The summed E-state index contributed by atoms with van der Waals surface area (Å²) in [6, 6.07) is 31.8.